The van der Waals surface area contributed by atoms with Crippen LogP contribution >= 0.6 is 0 Å². The summed E-state index contributed by atoms with van der Waals surface area (Å²) in [6.07, 6.45) is -4.98. The van der Waals surface area contributed by atoms with Gasteiger partial charge in [0.15, 0.2) is 0 Å². The number of amides is 2. The molecule has 0 aliphatic carbocycles. The van der Waals surface area contributed by atoms with Gasteiger partial charge in [-0.25, -0.2) is 4.79 Å². The van der Waals surface area contributed by atoms with Gasteiger partial charge in [0, 0.05) is 18.3 Å². The number of nitrogens with zero attached hydrogens (tertiary/aromatic N) is 1. The second-order valence-corrected chi connectivity index (χ2v) is 7.55. The molecule has 9 heteroatoms. The Hall–Kier alpha value is -2.45. The van der Waals surface area contributed by atoms with Crippen LogP contribution in [0.5, 0.6) is 5.75 Å². The third kappa shape index (κ3) is 6.33. The van der Waals surface area contributed by atoms with Gasteiger partial charge in [0.2, 0.25) is 5.91 Å². The van der Waals surface area contributed by atoms with E-state index in [9.17, 15) is 22.8 Å². The van der Waals surface area contributed by atoms with Gasteiger partial charge in [-0.1, -0.05) is 13.0 Å². The molecule has 1 aliphatic heterocycles. The number of likely N-dealkylation sites (tertiary alicyclic amines) is 1. The molecule has 0 bridgehead atoms. The van der Waals surface area contributed by atoms with E-state index in [-0.39, 0.29) is 11.6 Å². The summed E-state index contributed by atoms with van der Waals surface area (Å²) in [6, 6.07) is 4.22. The van der Waals surface area contributed by atoms with E-state index in [1.165, 1.54) is 17.0 Å². The maximum Gasteiger partial charge on any atom is 0.573 e. The molecule has 2 amide bonds. The zero-order valence-corrected chi connectivity index (χ0v) is 15.6. The highest BCUT2D eigenvalue weighted by Crippen LogP contribution is 2.28. The molecule has 150 valence electrons. The molecule has 0 unspecified atom stereocenters. The van der Waals surface area contributed by atoms with Crippen molar-refractivity contribution in [2.45, 2.75) is 52.1 Å². The van der Waals surface area contributed by atoms with Crippen molar-refractivity contribution < 1.29 is 32.2 Å². The highest BCUT2D eigenvalue weighted by Gasteiger charge is 2.40. The second-order valence-electron chi connectivity index (χ2n) is 7.55. The molecule has 1 aliphatic rings. The van der Waals surface area contributed by atoms with Crippen LogP contribution in [0.4, 0.5) is 23.7 Å². The average Bonchev–Trinajstić information content (AvgIpc) is 2.86. The number of hydrogen-bond acceptors (Lipinski definition) is 4. The number of alkyl halides is 3. The first-order chi connectivity index (χ1) is 12.3. The minimum atomic E-state index is -4.82. The monoisotopic (exact) mass is 388 g/mol. The number of hydrogen-bond donors (Lipinski definition) is 1. The molecule has 2 atom stereocenters. The van der Waals surface area contributed by atoms with Gasteiger partial charge in [0.25, 0.3) is 0 Å². The molecule has 0 saturated carbocycles. The SMILES string of the molecule is C[C@H]1C[C@@H](C(=O)Nc2cccc(OC(F)(F)F)c2)N(C(=O)OC(C)(C)C)C1. The Kier molecular flexibility index (Phi) is 5.91. The lowest BCUT2D eigenvalue weighted by molar-refractivity contribution is -0.274. The van der Waals surface area contributed by atoms with Crippen LogP contribution in [0.2, 0.25) is 0 Å². The van der Waals surface area contributed by atoms with Crippen molar-refractivity contribution >= 4 is 17.7 Å². The highest BCUT2D eigenvalue weighted by molar-refractivity contribution is 5.97. The number of nitrogens with one attached hydrogen (secondary N) is 1. The molecule has 27 heavy (non-hydrogen) atoms. The standard InChI is InChI=1S/C18H23F3N2O4/c1-11-8-14(23(10-11)16(25)27-17(2,3)4)15(24)22-12-6-5-7-13(9-12)26-18(19,20)21/h5-7,9,11,14H,8,10H2,1-4H3,(H,22,24)/t11-,14-/m0/s1. The fraction of sp³-hybridized carbons (Fsp3) is 0.556. The molecular formula is C18H23F3N2O4. The van der Waals surface area contributed by atoms with Gasteiger partial charge >= 0.3 is 12.5 Å². The van der Waals surface area contributed by atoms with Crippen molar-refractivity contribution in [2.24, 2.45) is 5.92 Å². The van der Waals surface area contributed by atoms with Gasteiger partial charge in [-0.15, -0.1) is 13.2 Å². The molecule has 1 heterocycles. The third-order valence-electron chi connectivity index (χ3n) is 3.78. The largest absolute Gasteiger partial charge is 0.573 e. The molecule has 0 aromatic heterocycles. The minimum Gasteiger partial charge on any atom is -0.444 e. The molecule has 2 rings (SSSR count). The summed E-state index contributed by atoms with van der Waals surface area (Å²) in [5, 5.41) is 2.54. The van der Waals surface area contributed by atoms with Crippen molar-refractivity contribution in [2.75, 3.05) is 11.9 Å². The number of halogens is 3. The van der Waals surface area contributed by atoms with E-state index >= 15 is 0 Å². The molecule has 1 N–H and O–H groups in total. The summed E-state index contributed by atoms with van der Waals surface area (Å²) in [6.45, 7) is 7.45. The summed E-state index contributed by atoms with van der Waals surface area (Å²) in [5.74, 6) is -0.841. The highest BCUT2D eigenvalue weighted by atomic mass is 19.4. The molecule has 1 aromatic rings. The van der Waals surface area contributed by atoms with Gasteiger partial charge < -0.3 is 14.8 Å². The van der Waals surface area contributed by atoms with Crippen LogP contribution in [0.15, 0.2) is 24.3 Å². The number of anilines is 1. The normalized spacial score (nSPS) is 20.3. The van der Waals surface area contributed by atoms with E-state index < -0.39 is 35.8 Å². The van der Waals surface area contributed by atoms with Gasteiger partial charge in [0.1, 0.15) is 17.4 Å². The Morgan fingerprint density at radius 1 is 1.22 bits per heavy atom. The lowest BCUT2D eigenvalue weighted by atomic mass is 10.1. The van der Waals surface area contributed by atoms with E-state index in [4.69, 9.17) is 4.74 Å². The maximum atomic E-state index is 12.6. The molecule has 0 radical (unpaired) electrons. The van der Waals surface area contributed by atoms with Crippen LogP contribution in [-0.2, 0) is 9.53 Å². The molecule has 6 nitrogen and oxygen atoms in total. The molecule has 1 aromatic carbocycles. The van der Waals surface area contributed by atoms with Crippen molar-refractivity contribution in [3.8, 4) is 5.75 Å². The fourth-order valence-corrected chi connectivity index (χ4v) is 2.81. The average molecular weight is 388 g/mol. The first-order valence-corrected chi connectivity index (χ1v) is 8.50. The summed E-state index contributed by atoms with van der Waals surface area (Å²) in [7, 11) is 0. The van der Waals surface area contributed by atoms with Crippen LogP contribution in [-0.4, -0.2) is 41.5 Å². The van der Waals surface area contributed by atoms with Crippen LogP contribution in [0, 0.1) is 5.92 Å². The van der Waals surface area contributed by atoms with Crippen LogP contribution in [0.25, 0.3) is 0 Å². The van der Waals surface area contributed by atoms with E-state index in [1.807, 2.05) is 6.92 Å². The smallest absolute Gasteiger partial charge is 0.444 e. The van der Waals surface area contributed by atoms with Crippen molar-refractivity contribution in [3.05, 3.63) is 24.3 Å². The fourth-order valence-electron chi connectivity index (χ4n) is 2.81. The Labute approximate surface area is 155 Å². The predicted molar refractivity (Wildman–Crippen MR) is 92.3 cm³/mol. The lowest BCUT2D eigenvalue weighted by Crippen LogP contribution is -2.45. The molecular weight excluding hydrogens is 365 g/mol. The van der Waals surface area contributed by atoms with Crippen molar-refractivity contribution in [1.82, 2.24) is 4.90 Å². The van der Waals surface area contributed by atoms with Crippen molar-refractivity contribution in [3.63, 3.8) is 0 Å². The predicted octanol–water partition coefficient (Wildman–Crippen LogP) is 4.17. The topological polar surface area (TPSA) is 67.9 Å². The van der Waals surface area contributed by atoms with Gasteiger partial charge in [-0.05, 0) is 45.2 Å². The second kappa shape index (κ2) is 7.66. The zero-order chi connectivity index (χ0) is 20.4. The summed E-state index contributed by atoms with van der Waals surface area (Å²) in [4.78, 5) is 26.3. The summed E-state index contributed by atoms with van der Waals surface area (Å²) >= 11 is 0. The molecule has 1 fully saturated rings. The Bertz CT molecular complexity index is 701. The third-order valence-corrected chi connectivity index (χ3v) is 3.78. The Balaban J connectivity index is 2.09. The molecule has 0 spiro atoms. The van der Waals surface area contributed by atoms with E-state index in [0.29, 0.717) is 13.0 Å². The van der Waals surface area contributed by atoms with Crippen molar-refractivity contribution in [1.29, 1.82) is 0 Å². The van der Waals surface area contributed by atoms with E-state index in [2.05, 4.69) is 10.1 Å². The summed E-state index contributed by atoms with van der Waals surface area (Å²) in [5.41, 5.74) is -0.557. The van der Waals surface area contributed by atoms with Gasteiger partial charge in [0.05, 0.1) is 0 Å². The first-order valence-electron chi connectivity index (χ1n) is 8.50. The van der Waals surface area contributed by atoms with E-state index in [0.717, 1.165) is 12.1 Å². The van der Waals surface area contributed by atoms with Gasteiger partial charge in [-0.3, -0.25) is 9.69 Å². The zero-order valence-electron chi connectivity index (χ0n) is 15.6. The Morgan fingerprint density at radius 3 is 2.48 bits per heavy atom. The number of ether oxygens (including phenoxy) is 2. The summed E-state index contributed by atoms with van der Waals surface area (Å²) < 4.78 is 46.2. The minimum absolute atomic E-state index is 0.0909. The number of benzene rings is 1. The van der Waals surface area contributed by atoms with Crippen LogP contribution < -0.4 is 10.1 Å². The molecule has 1 saturated heterocycles. The Morgan fingerprint density at radius 2 is 1.89 bits per heavy atom. The lowest BCUT2D eigenvalue weighted by Gasteiger charge is -2.28. The number of carbonyl (C=O) groups is 2. The quantitative estimate of drug-likeness (QED) is 0.844. The van der Waals surface area contributed by atoms with Gasteiger partial charge in [-0.2, -0.15) is 0 Å². The van der Waals surface area contributed by atoms with Crippen LogP contribution in [0.1, 0.15) is 34.1 Å². The van der Waals surface area contributed by atoms with Crippen LogP contribution in [0.3, 0.4) is 0 Å². The maximum absolute atomic E-state index is 12.6. The first kappa shape index (κ1) is 20.9. The number of carbonyl (C=O) groups excluding carboxylic acids is 2. The van der Waals surface area contributed by atoms with E-state index in [1.54, 1.807) is 20.8 Å². The number of rotatable bonds is 3.